The molecule has 1 atom stereocenters. The average Bonchev–Trinajstić information content (AvgIpc) is 3.23. The molecule has 2 amide bonds. The van der Waals surface area contributed by atoms with Crippen molar-refractivity contribution in [1.82, 2.24) is 15.2 Å². The first-order valence-corrected chi connectivity index (χ1v) is 9.99. The van der Waals surface area contributed by atoms with Crippen LogP contribution >= 0.6 is 11.3 Å². The predicted octanol–water partition coefficient (Wildman–Crippen LogP) is 3.33. The Kier molecular flexibility index (Phi) is 4.53. The predicted molar refractivity (Wildman–Crippen MR) is 102 cm³/mol. The Morgan fingerprint density at radius 1 is 1.15 bits per heavy atom. The van der Waals surface area contributed by atoms with Crippen LogP contribution in [-0.2, 0) is 4.79 Å². The molecule has 1 saturated heterocycles. The van der Waals surface area contributed by atoms with Crippen LogP contribution in [-0.4, -0.2) is 40.8 Å². The highest BCUT2D eigenvalue weighted by Crippen LogP contribution is 2.53. The molecule has 1 aliphatic heterocycles. The van der Waals surface area contributed by atoms with Crippen molar-refractivity contribution in [2.45, 2.75) is 38.6 Å². The van der Waals surface area contributed by atoms with Crippen molar-refractivity contribution in [3.05, 3.63) is 41.5 Å². The van der Waals surface area contributed by atoms with Crippen molar-refractivity contribution in [3.63, 3.8) is 0 Å². The third-order valence-corrected chi connectivity index (χ3v) is 6.61. The zero-order chi connectivity index (χ0) is 18.1. The summed E-state index contributed by atoms with van der Waals surface area (Å²) in [5.41, 5.74) is 1.58. The van der Waals surface area contributed by atoms with Crippen molar-refractivity contribution in [1.29, 1.82) is 0 Å². The molecule has 0 bridgehead atoms. The van der Waals surface area contributed by atoms with E-state index in [0.29, 0.717) is 10.4 Å². The lowest BCUT2D eigenvalue weighted by molar-refractivity contribution is -0.134. The molecule has 2 aliphatic rings. The van der Waals surface area contributed by atoms with Crippen molar-refractivity contribution in [3.8, 4) is 10.4 Å². The van der Waals surface area contributed by atoms with Gasteiger partial charge in [0.2, 0.25) is 5.91 Å². The Balaban J connectivity index is 1.35. The summed E-state index contributed by atoms with van der Waals surface area (Å²) < 4.78 is 0. The van der Waals surface area contributed by atoms with Crippen molar-refractivity contribution < 1.29 is 9.59 Å². The topological polar surface area (TPSA) is 62.3 Å². The van der Waals surface area contributed by atoms with Crippen LogP contribution in [0.4, 0.5) is 0 Å². The minimum Gasteiger partial charge on any atom is -0.341 e. The number of carbonyl (C=O) groups is 2. The summed E-state index contributed by atoms with van der Waals surface area (Å²) in [7, 11) is 0. The second-order valence-electron chi connectivity index (χ2n) is 7.42. The van der Waals surface area contributed by atoms with Crippen LogP contribution < -0.4 is 5.32 Å². The van der Waals surface area contributed by atoms with Gasteiger partial charge in [0.15, 0.2) is 5.01 Å². The van der Waals surface area contributed by atoms with Crippen LogP contribution in [0.15, 0.2) is 36.5 Å². The summed E-state index contributed by atoms with van der Waals surface area (Å²) in [5, 5.41) is 3.20. The molecule has 1 unspecified atom stereocenters. The molecule has 5 nitrogen and oxygen atoms in total. The van der Waals surface area contributed by atoms with Crippen LogP contribution in [0.1, 0.15) is 42.4 Å². The highest BCUT2D eigenvalue weighted by molar-refractivity contribution is 7.17. The van der Waals surface area contributed by atoms with E-state index in [4.69, 9.17) is 0 Å². The molecule has 6 heteroatoms. The van der Waals surface area contributed by atoms with Gasteiger partial charge in [0, 0.05) is 19.3 Å². The van der Waals surface area contributed by atoms with Gasteiger partial charge in [0.05, 0.1) is 4.88 Å². The van der Waals surface area contributed by atoms with Crippen LogP contribution in [0.3, 0.4) is 0 Å². The van der Waals surface area contributed by atoms with Gasteiger partial charge in [-0.2, -0.15) is 0 Å². The fraction of sp³-hybridized carbons (Fsp3) is 0.450. The molecule has 1 aromatic heterocycles. The minimum atomic E-state index is -0.528. The van der Waals surface area contributed by atoms with Gasteiger partial charge in [-0.15, -0.1) is 11.3 Å². The molecule has 136 valence electrons. The van der Waals surface area contributed by atoms with Gasteiger partial charge in [0.25, 0.3) is 5.91 Å². The Bertz CT molecular complexity index is 803. The second-order valence-corrected chi connectivity index (χ2v) is 8.45. The lowest BCUT2D eigenvalue weighted by Gasteiger charge is -2.33. The summed E-state index contributed by atoms with van der Waals surface area (Å²) in [4.78, 5) is 32.1. The first kappa shape index (κ1) is 17.2. The second kappa shape index (κ2) is 6.83. The minimum absolute atomic E-state index is 0.00805. The van der Waals surface area contributed by atoms with Crippen LogP contribution in [0.5, 0.6) is 0 Å². The van der Waals surface area contributed by atoms with E-state index in [2.05, 4.69) is 10.3 Å². The maximum atomic E-state index is 12.6. The molecule has 1 aliphatic carbocycles. The number of amides is 2. The van der Waals surface area contributed by atoms with Crippen LogP contribution in [0.2, 0.25) is 0 Å². The number of hydrogen-bond acceptors (Lipinski definition) is 4. The highest BCUT2D eigenvalue weighted by Gasteiger charge is 2.45. The first-order chi connectivity index (χ1) is 12.6. The van der Waals surface area contributed by atoms with E-state index in [0.717, 1.165) is 36.4 Å². The number of rotatable bonds is 4. The van der Waals surface area contributed by atoms with Crippen molar-refractivity contribution >= 4 is 23.2 Å². The van der Waals surface area contributed by atoms with Gasteiger partial charge >= 0.3 is 0 Å². The van der Waals surface area contributed by atoms with Gasteiger partial charge in [-0.25, -0.2) is 4.98 Å². The highest BCUT2D eigenvalue weighted by atomic mass is 32.1. The molecule has 1 saturated carbocycles. The summed E-state index contributed by atoms with van der Waals surface area (Å²) in [6, 6.07) is 9.32. The molecule has 1 spiro atoms. The van der Waals surface area contributed by atoms with E-state index >= 15 is 0 Å². The van der Waals surface area contributed by atoms with E-state index < -0.39 is 6.04 Å². The zero-order valence-electron chi connectivity index (χ0n) is 14.9. The Morgan fingerprint density at radius 3 is 2.50 bits per heavy atom. The monoisotopic (exact) mass is 369 g/mol. The summed E-state index contributed by atoms with van der Waals surface area (Å²) >= 11 is 1.34. The van der Waals surface area contributed by atoms with E-state index in [1.165, 1.54) is 24.2 Å². The average molecular weight is 369 g/mol. The fourth-order valence-electron chi connectivity index (χ4n) is 3.59. The Morgan fingerprint density at radius 2 is 1.85 bits per heavy atom. The van der Waals surface area contributed by atoms with E-state index in [1.54, 1.807) is 13.1 Å². The van der Waals surface area contributed by atoms with E-state index in [1.807, 2.05) is 35.2 Å². The normalized spacial score (nSPS) is 19.2. The third-order valence-electron chi connectivity index (χ3n) is 5.57. The molecule has 0 radical (unpaired) electrons. The number of likely N-dealkylation sites (tertiary alicyclic amines) is 1. The number of aromatic nitrogens is 1. The lowest BCUT2D eigenvalue weighted by Crippen LogP contribution is -2.49. The Labute approximate surface area is 157 Å². The lowest BCUT2D eigenvalue weighted by atomic mass is 9.93. The maximum Gasteiger partial charge on any atom is 0.280 e. The molecule has 2 heterocycles. The van der Waals surface area contributed by atoms with Gasteiger partial charge < -0.3 is 10.2 Å². The number of carbonyl (C=O) groups excluding carboxylic acids is 2. The smallest absolute Gasteiger partial charge is 0.280 e. The molecular weight excluding hydrogens is 346 g/mol. The number of nitrogens with zero attached hydrogens (tertiary/aromatic N) is 2. The van der Waals surface area contributed by atoms with E-state index in [-0.39, 0.29) is 11.8 Å². The molecule has 26 heavy (non-hydrogen) atoms. The van der Waals surface area contributed by atoms with Gasteiger partial charge in [-0.3, -0.25) is 9.59 Å². The maximum absolute atomic E-state index is 12.6. The van der Waals surface area contributed by atoms with Crippen LogP contribution in [0.25, 0.3) is 10.4 Å². The number of thiazole rings is 1. The molecular formula is C20H23N3O2S. The number of hydrogen-bond donors (Lipinski definition) is 1. The largest absolute Gasteiger partial charge is 0.341 e. The SMILES string of the molecule is CC(NC(=O)c1ncc(-c2ccccc2)s1)C(=O)N1CCC2(CC1)CC2. The van der Waals surface area contributed by atoms with Gasteiger partial charge in [0.1, 0.15) is 6.04 Å². The zero-order valence-corrected chi connectivity index (χ0v) is 15.7. The van der Waals surface area contributed by atoms with Crippen molar-refractivity contribution in [2.75, 3.05) is 13.1 Å². The number of benzene rings is 1. The first-order valence-electron chi connectivity index (χ1n) is 9.17. The molecule has 2 fully saturated rings. The van der Waals surface area contributed by atoms with Gasteiger partial charge in [-0.05, 0) is 43.6 Å². The summed E-state index contributed by atoms with van der Waals surface area (Å²) in [5.74, 6) is -0.276. The van der Waals surface area contributed by atoms with Crippen LogP contribution in [0, 0.1) is 5.41 Å². The molecule has 1 aromatic carbocycles. The molecule has 2 aromatic rings. The molecule has 4 rings (SSSR count). The number of nitrogens with one attached hydrogen (secondary N) is 1. The fourth-order valence-corrected chi connectivity index (χ4v) is 4.41. The quantitative estimate of drug-likeness (QED) is 0.899. The number of piperidine rings is 1. The molecule has 1 N–H and O–H groups in total. The Hall–Kier alpha value is -2.21. The van der Waals surface area contributed by atoms with Crippen molar-refractivity contribution in [2.24, 2.45) is 5.41 Å². The third kappa shape index (κ3) is 3.51. The summed E-state index contributed by atoms with van der Waals surface area (Å²) in [6.07, 6.45) is 6.55. The summed E-state index contributed by atoms with van der Waals surface area (Å²) in [6.45, 7) is 3.39. The van der Waals surface area contributed by atoms with E-state index in [9.17, 15) is 9.59 Å². The van der Waals surface area contributed by atoms with Gasteiger partial charge in [-0.1, -0.05) is 30.3 Å². The standard InChI is InChI=1S/C20H23N3O2S/c1-14(19(25)23-11-9-20(7-8-20)10-12-23)22-17(24)18-21-13-16(26-18)15-5-3-2-4-6-15/h2-6,13-14H,7-12H2,1H3,(H,22,24).